The minimum atomic E-state index is -1.04. The number of nitrogen functional groups attached to an aromatic ring is 1. The Labute approximate surface area is 182 Å². The number of amidine groups is 1. The van der Waals surface area contributed by atoms with Gasteiger partial charge in [-0.25, -0.2) is 9.59 Å². The molecule has 2 aromatic rings. The van der Waals surface area contributed by atoms with Crippen molar-refractivity contribution in [2.45, 2.75) is 39.3 Å². The second-order valence-electron chi connectivity index (χ2n) is 6.95. The number of primary amides is 1. The zero-order valence-corrected chi connectivity index (χ0v) is 18.0. The molecule has 0 radical (unpaired) electrons. The fourth-order valence-corrected chi connectivity index (χ4v) is 3.15. The van der Waals surface area contributed by atoms with E-state index in [2.05, 4.69) is 5.32 Å². The lowest BCUT2D eigenvalue weighted by Gasteiger charge is -2.28. The Morgan fingerprint density at radius 2 is 1.73 bits per heavy atom. The molecule has 2 rings (SSSR count). The molecule has 0 fully saturated rings. The first-order valence-corrected chi connectivity index (χ1v) is 9.31. The van der Waals surface area contributed by atoms with Crippen LogP contribution in [0.3, 0.4) is 0 Å². The Bertz CT molecular complexity index is 915. The summed E-state index contributed by atoms with van der Waals surface area (Å²) in [6, 6.07) is 10.2. The number of carbonyl (C=O) groups is 2. The van der Waals surface area contributed by atoms with Crippen LogP contribution in [0, 0.1) is 5.41 Å². The third kappa shape index (κ3) is 5.64. The summed E-state index contributed by atoms with van der Waals surface area (Å²) in [6.07, 6.45) is 0.610. The number of anilines is 2. The topological polar surface area (TPSA) is 146 Å². The average molecular weight is 434 g/mol. The van der Waals surface area contributed by atoms with Crippen molar-refractivity contribution in [1.29, 1.82) is 5.41 Å². The second kappa shape index (κ2) is 10.5. The summed E-state index contributed by atoms with van der Waals surface area (Å²) >= 11 is 0. The van der Waals surface area contributed by atoms with E-state index in [1.54, 1.807) is 42.5 Å². The van der Waals surface area contributed by atoms with E-state index in [0.29, 0.717) is 28.9 Å². The predicted octanol–water partition coefficient (Wildman–Crippen LogP) is 3.49. The Morgan fingerprint density at radius 1 is 1.13 bits per heavy atom. The minimum Gasteiger partial charge on any atom is -0.479 e. The number of rotatable bonds is 8. The molecule has 0 saturated heterocycles. The van der Waals surface area contributed by atoms with Crippen LogP contribution in [0.4, 0.5) is 16.2 Å². The van der Waals surface area contributed by atoms with Gasteiger partial charge in [-0.2, -0.15) is 0 Å². The maximum atomic E-state index is 11.9. The van der Waals surface area contributed by atoms with Crippen molar-refractivity contribution in [2.75, 3.05) is 10.2 Å². The van der Waals surface area contributed by atoms with E-state index in [0.717, 1.165) is 5.56 Å². The van der Waals surface area contributed by atoms with E-state index >= 15 is 0 Å². The molecule has 0 aliphatic carbocycles. The number of carboxylic acid groups (broad SMARTS) is 1. The van der Waals surface area contributed by atoms with Gasteiger partial charge in [0.2, 0.25) is 0 Å². The molecule has 0 heterocycles. The molecule has 162 valence electrons. The third-order valence-corrected chi connectivity index (χ3v) is 4.59. The summed E-state index contributed by atoms with van der Waals surface area (Å²) < 4.78 is 0. The molecule has 0 aromatic heterocycles. The van der Waals surface area contributed by atoms with Gasteiger partial charge < -0.3 is 21.9 Å². The number of nitrogens with two attached hydrogens (primary N) is 2. The molecule has 0 spiro atoms. The van der Waals surface area contributed by atoms with E-state index < -0.39 is 18.0 Å². The normalized spacial score (nSPS) is 11.3. The maximum Gasteiger partial charge on any atom is 0.330 e. The standard InChI is InChI=1S/C21H27N5O3.ClH/c1-4-13-11-15(7-10-17(13)26(12(2)3)21(24)29)18(20(27)28)25-16-8-5-14(6-9-16)19(22)23;/h5-12,18,25H,4H2,1-3H3,(H3,22,23)(H2,24,29)(H,27,28);1H. The lowest BCUT2D eigenvalue weighted by Crippen LogP contribution is -2.41. The minimum absolute atomic E-state index is 0. The quantitative estimate of drug-likeness (QED) is 0.319. The number of aliphatic carboxylic acids is 1. The van der Waals surface area contributed by atoms with E-state index in [1.807, 2.05) is 20.8 Å². The van der Waals surface area contributed by atoms with E-state index in [1.165, 1.54) is 4.90 Å². The van der Waals surface area contributed by atoms with E-state index in [9.17, 15) is 14.7 Å². The van der Waals surface area contributed by atoms with Crippen molar-refractivity contribution >= 4 is 41.6 Å². The van der Waals surface area contributed by atoms with Crippen LogP contribution in [0.5, 0.6) is 0 Å². The zero-order valence-electron chi connectivity index (χ0n) is 17.2. The highest BCUT2D eigenvalue weighted by atomic mass is 35.5. The number of nitrogens with zero attached hydrogens (tertiary/aromatic N) is 1. The van der Waals surface area contributed by atoms with Gasteiger partial charge in [0.15, 0.2) is 6.04 Å². The molecule has 0 aliphatic rings. The van der Waals surface area contributed by atoms with Gasteiger partial charge in [0, 0.05) is 23.0 Å². The lowest BCUT2D eigenvalue weighted by molar-refractivity contribution is -0.138. The number of hydrogen-bond acceptors (Lipinski definition) is 4. The Hall–Kier alpha value is -3.26. The molecule has 0 aliphatic heterocycles. The average Bonchev–Trinajstić information content (AvgIpc) is 2.66. The van der Waals surface area contributed by atoms with E-state index in [4.69, 9.17) is 16.9 Å². The van der Waals surface area contributed by atoms with Crippen LogP contribution in [0.25, 0.3) is 0 Å². The number of carbonyl (C=O) groups excluding carboxylic acids is 1. The summed E-state index contributed by atoms with van der Waals surface area (Å²) in [5.74, 6) is -1.09. The number of benzene rings is 2. The number of aryl methyl sites for hydroxylation is 1. The lowest BCUT2D eigenvalue weighted by atomic mass is 9.99. The molecule has 8 nitrogen and oxygen atoms in total. The van der Waals surface area contributed by atoms with Gasteiger partial charge in [0.25, 0.3) is 0 Å². The fourth-order valence-electron chi connectivity index (χ4n) is 3.15. The molecule has 2 amide bonds. The summed E-state index contributed by atoms with van der Waals surface area (Å²) in [7, 11) is 0. The van der Waals surface area contributed by atoms with Crippen LogP contribution in [-0.2, 0) is 11.2 Å². The van der Waals surface area contributed by atoms with Crippen LogP contribution in [0.15, 0.2) is 42.5 Å². The SMILES string of the molecule is CCc1cc(C(Nc2ccc(C(=N)N)cc2)C(=O)O)ccc1N(C(N)=O)C(C)C.Cl. The molecule has 9 heteroatoms. The second-order valence-corrected chi connectivity index (χ2v) is 6.95. The van der Waals surface area contributed by atoms with Gasteiger partial charge in [0.05, 0.1) is 0 Å². The summed E-state index contributed by atoms with van der Waals surface area (Å²) in [6.45, 7) is 5.67. The van der Waals surface area contributed by atoms with Gasteiger partial charge in [-0.3, -0.25) is 10.3 Å². The first-order chi connectivity index (χ1) is 13.6. The van der Waals surface area contributed by atoms with Crippen molar-refractivity contribution in [1.82, 2.24) is 0 Å². The third-order valence-electron chi connectivity index (χ3n) is 4.59. The number of hydrogen-bond donors (Lipinski definition) is 5. The van der Waals surface area contributed by atoms with Crippen molar-refractivity contribution in [3.63, 3.8) is 0 Å². The Morgan fingerprint density at radius 3 is 2.17 bits per heavy atom. The number of urea groups is 1. The highest BCUT2D eigenvalue weighted by Crippen LogP contribution is 2.29. The summed E-state index contributed by atoms with van der Waals surface area (Å²) in [4.78, 5) is 25.3. The molecule has 0 saturated carbocycles. The first-order valence-electron chi connectivity index (χ1n) is 9.31. The molecular weight excluding hydrogens is 406 g/mol. The number of carboxylic acids is 1. The summed E-state index contributed by atoms with van der Waals surface area (Å²) in [5, 5.41) is 20.2. The van der Waals surface area contributed by atoms with Crippen molar-refractivity contribution in [3.05, 3.63) is 59.2 Å². The molecule has 7 N–H and O–H groups in total. The van der Waals surface area contributed by atoms with Gasteiger partial charge in [-0.15, -0.1) is 12.4 Å². The molecule has 30 heavy (non-hydrogen) atoms. The van der Waals surface area contributed by atoms with Crippen molar-refractivity contribution < 1.29 is 14.7 Å². The van der Waals surface area contributed by atoms with Crippen LogP contribution >= 0.6 is 12.4 Å². The number of halogens is 1. The van der Waals surface area contributed by atoms with Crippen LogP contribution < -0.4 is 21.7 Å². The van der Waals surface area contributed by atoms with Crippen molar-refractivity contribution in [3.8, 4) is 0 Å². The molecular formula is C21H28ClN5O3. The van der Waals surface area contributed by atoms with Gasteiger partial charge in [0.1, 0.15) is 5.84 Å². The van der Waals surface area contributed by atoms with Gasteiger partial charge in [-0.1, -0.05) is 19.1 Å². The monoisotopic (exact) mass is 433 g/mol. The van der Waals surface area contributed by atoms with Crippen molar-refractivity contribution in [2.24, 2.45) is 11.5 Å². The maximum absolute atomic E-state index is 11.9. The summed E-state index contributed by atoms with van der Waals surface area (Å²) in [5.41, 5.74) is 14.2. The highest BCUT2D eigenvalue weighted by molar-refractivity contribution is 5.95. The van der Waals surface area contributed by atoms with Crippen LogP contribution in [-0.4, -0.2) is 29.0 Å². The first kappa shape index (κ1) is 24.8. The number of amides is 2. The molecule has 0 bridgehead atoms. The van der Waals surface area contributed by atoms with E-state index in [-0.39, 0.29) is 24.3 Å². The zero-order chi connectivity index (χ0) is 21.7. The largest absolute Gasteiger partial charge is 0.479 e. The molecule has 1 atom stereocenters. The van der Waals surface area contributed by atoms with Crippen LogP contribution in [0.1, 0.15) is 43.5 Å². The smallest absolute Gasteiger partial charge is 0.330 e. The highest BCUT2D eigenvalue weighted by Gasteiger charge is 2.24. The Balaban J connectivity index is 0.00000450. The Kier molecular flexibility index (Phi) is 8.67. The fraction of sp³-hybridized carbons (Fsp3) is 0.286. The van der Waals surface area contributed by atoms with Crippen LogP contribution in [0.2, 0.25) is 0 Å². The molecule has 2 aromatic carbocycles. The van der Waals surface area contributed by atoms with Gasteiger partial charge in [-0.05, 0) is 61.7 Å². The number of nitrogens with one attached hydrogen (secondary N) is 2. The predicted molar refractivity (Wildman–Crippen MR) is 122 cm³/mol. The van der Waals surface area contributed by atoms with Gasteiger partial charge >= 0.3 is 12.0 Å². The molecule has 1 unspecified atom stereocenters.